The average molecular weight is 1860 g/mol. The van der Waals surface area contributed by atoms with Gasteiger partial charge in [0.25, 0.3) is 0 Å². The third kappa shape index (κ3) is 11.7. The highest BCUT2D eigenvalue weighted by Crippen LogP contribution is 2.37. The van der Waals surface area contributed by atoms with E-state index in [0.717, 1.165) is 21.0 Å². The van der Waals surface area contributed by atoms with Gasteiger partial charge in [0.15, 0.2) is 89.7 Å². The average Bonchev–Trinajstić information content (AvgIpc) is 0.717. The van der Waals surface area contributed by atoms with Crippen molar-refractivity contribution in [3.63, 3.8) is 0 Å². The fraction of sp³-hybridized carbons (Fsp3) is 0.0508. The maximum absolute atomic E-state index is 13.9. The van der Waals surface area contributed by atoms with E-state index in [-0.39, 0.29) is 130 Å². The maximum atomic E-state index is 13.9. The highest BCUT2D eigenvalue weighted by Gasteiger charge is 2.28. The summed E-state index contributed by atoms with van der Waals surface area (Å²) in [6, 6.07) is 80.9. The lowest BCUT2D eigenvalue weighted by atomic mass is 9.98. The van der Waals surface area contributed by atoms with Crippen molar-refractivity contribution >= 4 is 261 Å². The van der Waals surface area contributed by atoms with Gasteiger partial charge >= 0.3 is 0 Å². The van der Waals surface area contributed by atoms with Crippen LogP contribution in [0.25, 0.3) is 261 Å². The summed E-state index contributed by atoms with van der Waals surface area (Å²) in [6.45, 7) is 4.93. The molecule has 4 heterocycles. The first-order valence-corrected chi connectivity index (χ1v) is 45.8. The van der Waals surface area contributed by atoms with Crippen molar-refractivity contribution in [1.82, 2.24) is 38.2 Å². The molecule has 4 aromatic heterocycles. The van der Waals surface area contributed by atoms with Crippen LogP contribution in [-0.4, -0.2) is 38.2 Å². The molecule has 24 nitrogen and oxygen atoms in total. The zero-order valence-corrected chi connectivity index (χ0v) is 75.3. The van der Waals surface area contributed by atoms with Crippen LogP contribution >= 0.6 is 0 Å². The molecule has 0 radical (unpaired) electrons. The predicted octanol–water partition coefficient (Wildman–Crippen LogP) is 17.6. The van der Waals surface area contributed by atoms with E-state index in [1.54, 1.807) is 255 Å². The van der Waals surface area contributed by atoms with Gasteiger partial charge in [0.2, 0.25) is 0 Å². The largest absolute Gasteiger partial charge is 0.351 e. The summed E-state index contributed by atoms with van der Waals surface area (Å²) in [5.41, 5.74) is 3.97. The van der Waals surface area contributed by atoms with Gasteiger partial charge < -0.3 is 38.2 Å². The molecule has 0 atom stereocenters. The number of aryl methyl sites for hydroxylation is 4. The van der Waals surface area contributed by atoms with E-state index in [0.29, 0.717) is 208 Å². The fourth-order valence-corrected chi connectivity index (χ4v) is 22.0. The van der Waals surface area contributed by atoms with Crippen molar-refractivity contribution in [3.8, 4) is 0 Å². The Morgan fingerprint density at radius 3 is 0.570 bits per heavy atom. The van der Waals surface area contributed by atoms with Crippen molar-refractivity contribution in [3.05, 3.63) is 455 Å². The van der Waals surface area contributed by atoms with Gasteiger partial charge in [0.05, 0.1) is 131 Å². The van der Waals surface area contributed by atoms with Crippen LogP contribution in [-0.2, 0) is 27.2 Å². The molecule has 0 fully saturated rings. The van der Waals surface area contributed by atoms with Crippen LogP contribution in [0.4, 0.5) is 0 Å². The van der Waals surface area contributed by atoms with Crippen LogP contribution < -0.4 is 86.9 Å². The van der Waals surface area contributed by atoms with Crippen LogP contribution in [0.3, 0.4) is 0 Å². The molecule has 676 valence electrons. The van der Waals surface area contributed by atoms with Gasteiger partial charge in [0.1, 0.15) is 0 Å². The monoisotopic (exact) mass is 1850 g/mol. The summed E-state index contributed by atoms with van der Waals surface area (Å²) in [4.78, 5) is 223. The Morgan fingerprint density at radius 1 is 0.183 bits per heavy atom. The number of nitrogens with one attached hydrogen (secondary N) is 4. The van der Waals surface area contributed by atoms with Gasteiger partial charge in [-0.25, -0.2) is 0 Å². The van der Waals surface area contributed by atoms with Gasteiger partial charge in [-0.2, -0.15) is 0 Å². The molecule has 24 heteroatoms. The first-order chi connectivity index (χ1) is 69.8. The minimum absolute atomic E-state index is 0.0413. The highest BCUT2D eigenvalue weighted by atomic mass is 16.2. The Morgan fingerprint density at radius 2 is 0.352 bits per heavy atom. The van der Waals surface area contributed by atoms with Gasteiger partial charge in [0, 0.05) is 156 Å². The molecule has 0 aliphatic heterocycles. The number of benzene rings is 24. The topological polar surface area (TPSA) is 356 Å². The van der Waals surface area contributed by atoms with Gasteiger partial charge in [-0.3, -0.25) is 76.7 Å². The Bertz CT molecular complexity index is 11100. The molecule has 0 unspecified atom stereocenters. The van der Waals surface area contributed by atoms with E-state index in [9.17, 15) is 76.7 Å². The number of aromatic nitrogens is 8. The zero-order chi connectivity index (χ0) is 99.2. The van der Waals surface area contributed by atoms with Gasteiger partial charge in [-0.1, -0.05) is 194 Å². The molecule has 0 bridgehead atoms. The van der Waals surface area contributed by atoms with E-state index >= 15 is 0 Å². The normalized spacial score (nSPS) is 12.2. The summed E-state index contributed by atoms with van der Waals surface area (Å²) in [5, 5.41) is 10.3. The first kappa shape index (κ1) is 82.1. The number of aromatic amines is 4. The predicted molar refractivity (Wildman–Crippen MR) is 574 cm³/mol. The Labute approximate surface area is 792 Å². The van der Waals surface area contributed by atoms with Gasteiger partial charge in [-0.15, -0.1) is 0 Å². The number of H-pyrrole nitrogens is 4. The second kappa shape index (κ2) is 31.1. The Hall–Kier alpha value is -19.4. The second-order valence-electron chi connectivity index (χ2n) is 35.7. The van der Waals surface area contributed by atoms with Crippen LogP contribution in [0.2, 0.25) is 2.82 Å². The molecule has 0 spiro atoms. The second-order valence-corrected chi connectivity index (χ2v) is 35.7. The standard InChI is InChI=1S/C32H22N2O4.C30H18N2O4.2C28H14N2O4/c1-3-33-23-15-13-22-26(32(38)20-12-8-6-10-18(20)30(22)36)28(23)34(4-2)24-16-14-21-25(27(24)33)31(37)19-11-7-5-9-17(19)29(21)35;1-31-21-13-11-20-24(30(36)18-10-6-4-8-16(18)28(20)34)26(21)32(2)22-14-12-19-23(25(22)31)29(35)17-9-5-3-7-15(17)27(19)33;2*31-25-13-5-1-3-7-15(13)27(33)21-17(25)9-11-19-23(21)29-20-12-10-18-22(24(20)30-19)28(34)16-8-4-2-6-14(16)26(18)32/h5-16H,3-4H2,1-2H3;3-14H,1-2H3;2*1-12,29-30H/i/hD2. The van der Waals surface area contributed by atoms with Crippen molar-refractivity contribution < 1.29 is 2.82 Å². The van der Waals surface area contributed by atoms with Crippen molar-refractivity contribution in [2.75, 3.05) is 0 Å². The molecule has 0 saturated carbocycles. The van der Waals surface area contributed by atoms with Crippen molar-refractivity contribution in [1.29, 1.82) is 0 Å². The van der Waals surface area contributed by atoms with E-state index in [1.165, 1.54) is 24.3 Å². The summed E-state index contributed by atoms with van der Waals surface area (Å²) in [5.74, 6) is 0. The van der Waals surface area contributed by atoms with Crippen LogP contribution in [0.5, 0.6) is 0 Å². The Kier molecular flexibility index (Phi) is 18.0. The summed E-state index contributed by atoms with van der Waals surface area (Å²) in [7, 11) is 3.64. The third-order valence-corrected chi connectivity index (χ3v) is 28.6. The molecule has 24 aromatic carbocycles. The number of nitrogens with zero attached hydrogens (tertiary/aromatic N) is 4. The molecular formula is C118H68N8O16. The summed E-state index contributed by atoms with van der Waals surface area (Å²) >= 11 is 0. The van der Waals surface area contributed by atoms with Crippen LogP contribution in [0.1, 0.15) is 13.8 Å². The minimum Gasteiger partial charge on any atom is -0.351 e. The van der Waals surface area contributed by atoms with Crippen molar-refractivity contribution in [2.24, 2.45) is 14.1 Å². The summed E-state index contributed by atoms with van der Waals surface area (Å²) in [6.07, 6.45) is 0. The highest BCUT2D eigenvalue weighted by molar-refractivity contribution is 6.22. The van der Waals surface area contributed by atoms with E-state index < -0.39 is 10.9 Å². The fourth-order valence-electron chi connectivity index (χ4n) is 22.0. The number of hydrogen-bond acceptors (Lipinski definition) is 16. The summed E-state index contributed by atoms with van der Waals surface area (Å²) < 4.78 is 25.6. The van der Waals surface area contributed by atoms with Crippen LogP contribution in [0.15, 0.2) is 368 Å². The quantitative estimate of drug-likeness (QED) is 0.0922. The molecule has 0 aliphatic carbocycles. The number of rotatable bonds is 2. The smallest absolute Gasteiger partial charge is 0.196 e. The van der Waals surface area contributed by atoms with E-state index in [1.807, 2.05) is 58.3 Å². The molecule has 0 amide bonds. The van der Waals surface area contributed by atoms with Gasteiger partial charge in [-0.05, 0) is 111 Å². The molecule has 142 heavy (non-hydrogen) atoms. The number of fused-ring (bicyclic) bond motifs is 32. The molecular weight excluding hydrogens is 1790 g/mol. The lowest BCUT2D eigenvalue weighted by molar-refractivity contribution is 0.780. The third-order valence-electron chi connectivity index (χ3n) is 28.6. The molecule has 28 aromatic rings. The van der Waals surface area contributed by atoms with Crippen LogP contribution in [0, 0.1) is 0 Å². The van der Waals surface area contributed by atoms with E-state index in [4.69, 9.17) is 2.82 Å². The first-order valence-electron chi connectivity index (χ1n) is 46.7. The Balaban J connectivity index is 0.000000101. The molecule has 4 N–H and O–H groups in total. The molecule has 28 rings (SSSR count). The van der Waals surface area contributed by atoms with Crippen molar-refractivity contribution in [2.45, 2.75) is 26.9 Å². The molecule has 0 saturated heterocycles. The zero-order valence-electron chi connectivity index (χ0n) is 77.3. The lowest BCUT2D eigenvalue weighted by Gasteiger charge is -2.22. The van der Waals surface area contributed by atoms with E-state index in [2.05, 4.69) is 9.97 Å². The maximum Gasteiger partial charge on any atom is 0.196 e. The molecule has 0 aliphatic rings. The minimum atomic E-state index is -0.413. The number of hydrogen-bond donors (Lipinski definition) is 4. The lowest BCUT2D eigenvalue weighted by Crippen LogP contribution is -2.19. The SMILES string of the molecule is CCn1c2ccc3c(=O)c4ccccc4c(=O)c3c2n(CC)c2ccc3c(=O)c4ccccc4c(=O)c3c21.Cn1c2ccc3c(=O)c4ccccc4c(=O)c3c2n(C)c2ccc3c(=O)c4ccccc4c(=O)c3c21.O=c1c2ccccc2c(=O)c2c1ccc1[nH]c3c(ccc4c(=O)c5ccccc5c(=O)c43)[nH]c12.[2H]n1c2ccc3c(=O)c4ccccc4c(=O)c3c2n([2H])c2ccc3c(=O)c4ccccc4c(=O)c3c21.